The first-order chi connectivity index (χ1) is 8.49. The van der Waals surface area contributed by atoms with E-state index in [1.807, 2.05) is 6.07 Å². The lowest BCUT2D eigenvalue weighted by molar-refractivity contribution is -0.384. The molecule has 18 heavy (non-hydrogen) atoms. The van der Waals surface area contributed by atoms with E-state index < -0.39 is 0 Å². The molecule has 2 N–H and O–H groups in total. The molecule has 1 saturated heterocycles. The van der Waals surface area contributed by atoms with E-state index in [0.717, 1.165) is 24.0 Å². The van der Waals surface area contributed by atoms with Gasteiger partial charge in [-0.3, -0.25) is 10.1 Å². The standard InChI is InChI=1S/C12H16BrN3O2/c1-8-7-15(5-4-10(8)14)12-6-9(13)2-3-11(12)16(17)18/h2-3,6,8,10H,4-5,7,14H2,1H3. The summed E-state index contributed by atoms with van der Waals surface area (Å²) in [6.07, 6.45) is 0.866. The van der Waals surface area contributed by atoms with Crippen LogP contribution in [0.3, 0.4) is 0 Å². The average molecular weight is 314 g/mol. The first-order valence-electron chi connectivity index (χ1n) is 5.93. The lowest BCUT2D eigenvalue weighted by atomic mass is 9.94. The van der Waals surface area contributed by atoms with Crippen LogP contribution in [0, 0.1) is 16.0 Å². The molecule has 0 radical (unpaired) electrons. The maximum Gasteiger partial charge on any atom is 0.292 e. The molecule has 0 aromatic heterocycles. The van der Waals surface area contributed by atoms with Gasteiger partial charge in [-0.25, -0.2) is 0 Å². The second-order valence-corrected chi connectivity index (χ2v) is 5.68. The minimum absolute atomic E-state index is 0.154. The van der Waals surface area contributed by atoms with Gasteiger partial charge in [0.1, 0.15) is 5.69 Å². The number of hydrogen-bond donors (Lipinski definition) is 1. The van der Waals surface area contributed by atoms with E-state index in [1.165, 1.54) is 0 Å². The Balaban J connectivity index is 2.32. The SMILES string of the molecule is CC1CN(c2cc(Br)ccc2[N+](=O)[O-])CCC1N. The molecule has 98 valence electrons. The number of nitro benzene ring substituents is 1. The first kappa shape index (κ1) is 13.3. The zero-order chi connectivity index (χ0) is 13.3. The quantitative estimate of drug-likeness (QED) is 0.672. The summed E-state index contributed by atoms with van der Waals surface area (Å²) in [7, 11) is 0. The third kappa shape index (κ3) is 2.64. The van der Waals surface area contributed by atoms with Gasteiger partial charge in [0.15, 0.2) is 0 Å². The zero-order valence-corrected chi connectivity index (χ0v) is 11.8. The van der Waals surface area contributed by atoms with Crippen LogP contribution in [0.1, 0.15) is 13.3 Å². The van der Waals surface area contributed by atoms with Gasteiger partial charge in [0.2, 0.25) is 0 Å². The molecule has 0 bridgehead atoms. The summed E-state index contributed by atoms with van der Waals surface area (Å²) in [4.78, 5) is 12.8. The van der Waals surface area contributed by atoms with Crippen molar-refractivity contribution in [2.45, 2.75) is 19.4 Å². The summed E-state index contributed by atoms with van der Waals surface area (Å²) in [6.45, 7) is 3.61. The molecule has 1 aliphatic rings. The summed E-state index contributed by atoms with van der Waals surface area (Å²) < 4.78 is 0.852. The van der Waals surface area contributed by atoms with Crippen molar-refractivity contribution in [2.75, 3.05) is 18.0 Å². The van der Waals surface area contributed by atoms with Gasteiger partial charge in [-0.1, -0.05) is 22.9 Å². The number of nitrogens with two attached hydrogens (primary N) is 1. The molecular formula is C12H16BrN3O2. The number of nitro groups is 1. The normalized spacial score (nSPS) is 24.1. The zero-order valence-electron chi connectivity index (χ0n) is 10.2. The van der Waals surface area contributed by atoms with E-state index in [2.05, 4.69) is 27.8 Å². The molecule has 1 aromatic rings. The Labute approximate surface area is 114 Å². The fraction of sp³-hybridized carbons (Fsp3) is 0.500. The molecule has 0 aliphatic carbocycles. The summed E-state index contributed by atoms with van der Waals surface area (Å²) >= 11 is 3.37. The van der Waals surface area contributed by atoms with E-state index in [1.54, 1.807) is 12.1 Å². The molecular weight excluding hydrogens is 298 g/mol. The number of piperidine rings is 1. The number of anilines is 1. The van der Waals surface area contributed by atoms with Gasteiger partial charge < -0.3 is 10.6 Å². The van der Waals surface area contributed by atoms with E-state index >= 15 is 0 Å². The third-order valence-electron chi connectivity index (χ3n) is 3.45. The Morgan fingerprint density at radius 3 is 2.89 bits per heavy atom. The lowest BCUT2D eigenvalue weighted by Crippen LogP contribution is -2.46. The molecule has 1 aliphatic heterocycles. The largest absolute Gasteiger partial charge is 0.366 e. The van der Waals surface area contributed by atoms with Crippen LogP contribution in [0.2, 0.25) is 0 Å². The Hall–Kier alpha value is -1.14. The molecule has 1 aromatic carbocycles. The van der Waals surface area contributed by atoms with Crippen LogP contribution in [-0.2, 0) is 0 Å². The van der Waals surface area contributed by atoms with E-state index in [-0.39, 0.29) is 16.7 Å². The summed E-state index contributed by atoms with van der Waals surface area (Å²) in [5, 5.41) is 11.1. The second kappa shape index (κ2) is 5.24. The van der Waals surface area contributed by atoms with E-state index in [9.17, 15) is 10.1 Å². The second-order valence-electron chi connectivity index (χ2n) is 4.77. The highest BCUT2D eigenvalue weighted by Crippen LogP contribution is 2.33. The fourth-order valence-corrected chi connectivity index (χ4v) is 2.64. The van der Waals surface area contributed by atoms with Gasteiger partial charge in [-0.2, -0.15) is 0 Å². The summed E-state index contributed by atoms with van der Waals surface area (Å²) in [6, 6.07) is 5.23. The van der Waals surface area contributed by atoms with E-state index in [4.69, 9.17) is 5.73 Å². The lowest BCUT2D eigenvalue weighted by Gasteiger charge is -2.36. The maximum atomic E-state index is 11.1. The van der Waals surface area contributed by atoms with Gasteiger partial charge in [0.25, 0.3) is 5.69 Å². The van der Waals surface area contributed by atoms with Crippen molar-refractivity contribution in [3.63, 3.8) is 0 Å². The van der Waals surface area contributed by atoms with Crippen molar-refractivity contribution < 1.29 is 4.92 Å². The molecule has 5 nitrogen and oxygen atoms in total. The minimum Gasteiger partial charge on any atom is -0.366 e. The molecule has 2 rings (SSSR count). The molecule has 0 amide bonds. The minimum atomic E-state index is -0.332. The number of halogens is 1. The molecule has 1 heterocycles. The van der Waals surface area contributed by atoms with Gasteiger partial charge >= 0.3 is 0 Å². The molecule has 0 spiro atoms. The van der Waals surface area contributed by atoms with Crippen molar-refractivity contribution >= 4 is 27.3 Å². The van der Waals surface area contributed by atoms with Crippen LogP contribution in [0.15, 0.2) is 22.7 Å². The summed E-state index contributed by atoms with van der Waals surface area (Å²) in [5.74, 6) is 0.345. The van der Waals surface area contributed by atoms with Crippen molar-refractivity contribution in [1.29, 1.82) is 0 Å². The van der Waals surface area contributed by atoms with Gasteiger partial charge in [-0.15, -0.1) is 0 Å². The number of benzene rings is 1. The van der Waals surface area contributed by atoms with Crippen LogP contribution < -0.4 is 10.6 Å². The maximum absolute atomic E-state index is 11.1. The number of nitrogens with zero attached hydrogens (tertiary/aromatic N) is 2. The highest BCUT2D eigenvalue weighted by molar-refractivity contribution is 9.10. The fourth-order valence-electron chi connectivity index (χ4n) is 2.29. The highest BCUT2D eigenvalue weighted by Gasteiger charge is 2.27. The Bertz CT molecular complexity index is 467. The molecule has 2 unspecified atom stereocenters. The van der Waals surface area contributed by atoms with Crippen LogP contribution >= 0.6 is 15.9 Å². The smallest absolute Gasteiger partial charge is 0.292 e. The number of rotatable bonds is 2. The van der Waals surface area contributed by atoms with Crippen LogP contribution in [0.4, 0.5) is 11.4 Å². The molecule has 0 saturated carbocycles. The first-order valence-corrected chi connectivity index (χ1v) is 6.73. The molecule has 1 fully saturated rings. The van der Waals surface area contributed by atoms with Crippen molar-refractivity contribution in [3.05, 3.63) is 32.8 Å². The summed E-state index contributed by atoms with van der Waals surface area (Å²) in [5.41, 5.74) is 6.80. The van der Waals surface area contributed by atoms with Crippen LogP contribution in [0.5, 0.6) is 0 Å². The molecule has 6 heteroatoms. The molecule has 2 atom stereocenters. The van der Waals surface area contributed by atoms with Gasteiger partial charge in [0.05, 0.1) is 4.92 Å². The average Bonchev–Trinajstić information content (AvgIpc) is 2.32. The predicted octanol–water partition coefficient (Wildman–Crippen LogP) is 2.53. The van der Waals surface area contributed by atoms with Gasteiger partial charge in [0, 0.05) is 29.7 Å². The van der Waals surface area contributed by atoms with Gasteiger partial charge in [-0.05, 0) is 24.5 Å². The van der Waals surface area contributed by atoms with Crippen LogP contribution in [0.25, 0.3) is 0 Å². The van der Waals surface area contributed by atoms with Crippen molar-refractivity contribution in [2.24, 2.45) is 11.7 Å². The van der Waals surface area contributed by atoms with E-state index in [0.29, 0.717) is 11.6 Å². The Morgan fingerprint density at radius 2 is 2.28 bits per heavy atom. The Kier molecular flexibility index (Phi) is 3.87. The van der Waals surface area contributed by atoms with Crippen LogP contribution in [-0.4, -0.2) is 24.1 Å². The van der Waals surface area contributed by atoms with Crippen molar-refractivity contribution in [3.8, 4) is 0 Å². The van der Waals surface area contributed by atoms with Crippen molar-refractivity contribution in [1.82, 2.24) is 0 Å². The Morgan fingerprint density at radius 1 is 1.56 bits per heavy atom. The highest BCUT2D eigenvalue weighted by atomic mass is 79.9. The third-order valence-corrected chi connectivity index (χ3v) is 3.94. The monoisotopic (exact) mass is 313 g/mol. The predicted molar refractivity (Wildman–Crippen MR) is 74.8 cm³/mol. The topological polar surface area (TPSA) is 72.4 Å². The number of hydrogen-bond acceptors (Lipinski definition) is 4.